The lowest BCUT2D eigenvalue weighted by Gasteiger charge is -2.12. The zero-order valence-electron chi connectivity index (χ0n) is 13.4. The van der Waals surface area contributed by atoms with Crippen LogP contribution in [0.4, 0.5) is 0 Å². The summed E-state index contributed by atoms with van der Waals surface area (Å²) in [6.07, 6.45) is -0.137. The van der Waals surface area contributed by atoms with E-state index < -0.39 is 11.9 Å². The number of carboxylic acid groups (broad SMARTS) is 1. The molecule has 23 heavy (non-hydrogen) atoms. The number of hydrogen-bond acceptors (Lipinski definition) is 4. The van der Waals surface area contributed by atoms with Crippen LogP contribution in [0, 0.1) is 6.92 Å². The monoisotopic (exact) mass is 316 g/mol. The van der Waals surface area contributed by atoms with Gasteiger partial charge in [-0.2, -0.15) is 0 Å². The third-order valence-electron chi connectivity index (χ3n) is 3.38. The van der Waals surface area contributed by atoms with Crippen LogP contribution in [-0.4, -0.2) is 38.3 Å². The highest BCUT2D eigenvalue weighted by Crippen LogP contribution is 2.23. The van der Waals surface area contributed by atoms with Gasteiger partial charge in [0.1, 0.15) is 5.82 Å². The van der Waals surface area contributed by atoms with E-state index in [1.807, 2.05) is 24.3 Å². The van der Waals surface area contributed by atoms with Crippen molar-refractivity contribution in [1.82, 2.24) is 20.1 Å². The number of nitrogens with one attached hydrogen (secondary N) is 1. The van der Waals surface area contributed by atoms with Crippen LogP contribution < -0.4 is 5.32 Å². The smallest absolute Gasteiger partial charge is 0.305 e. The first-order valence-corrected chi connectivity index (χ1v) is 7.43. The summed E-state index contributed by atoms with van der Waals surface area (Å²) in [6, 6.07) is 7.83. The van der Waals surface area contributed by atoms with E-state index >= 15 is 0 Å². The van der Waals surface area contributed by atoms with Crippen LogP contribution in [-0.2, 0) is 4.79 Å². The van der Waals surface area contributed by atoms with Crippen molar-refractivity contribution in [1.29, 1.82) is 0 Å². The molecule has 0 saturated carbocycles. The predicted octanol–water partition coefficient (Wildman–Crippen LogP) is 1.90. The minimum Gasteiger partial charge on any atom is -0.481 e. The Kier molecular flexibility index (Phi) is 5.10. The molecule has 0 saturated heterocycles. The number of carbonyl (C=O) groups is 2. The van der Waals surface area contributed by atoms with Gasteiger partial charge in [-0.1, -0.05) is 32.0 Å². The van der Waals surface area contributed by atoms with Crippen LogP contribution in [0.3, 0.4) is 0 Å². The summed E-state index contributed by atoms with van der Waals surface area (Å²) >= 11 is 0. The van der Waals surface area contributed by atoms with Crippen LogP contribution in [0.15, 0.2) is 24.3 Å². The summed E-state index contributed by atoms with van der Waals surface area (Å²) in [5.41, 5.74) is 2.00. The lowest BCUT2D eigenvalue weighted by Crippen LogP contribution is -2.27. The van der Waals surface area contributed by atoms with E-state index in [9.17, 15) is 9.59 Å². The minimum absolute atomic E-state index is 0.0337. The zero-order valence-corrected chi connectivity index (χ0v) is 13.4. The largest absolute Gasteiger partial charge is 0.481 e. The van der Waals surface area contributed by atoms with E-state index in [4.69, 9.17) is 5.11 Å². The summed E-state index contributed by atoms with van der Waals surface area (Å²) < 4.78 is 1.64. The summed E-state index contributed by atoms with van der Waals surface area (Å²) in [5.74, 6) is -0.503. The molecule has 7 nitrogen and oxygen atoms in total. The molecule has 0 aliphatic rings. The van der Waals surface area contributed by atoms with Crippen LogP contribution in [0.5, 0.6) is 0 Å². The molecule has 0 unspecified atom stereocenters. The number of hydrogen-bond donors (Lipinski definition) is 2. The summed E-state index contributed by atoms with van der Waals surface area (Å²) in [7, 11) is 0. The van der Waals surface area contributed by atoms with Crippen LogP contribution >= 0.6 is 0 Å². The molecule has 122 valence electrons. The Morgan fingerprint density at radius 1 is 1.30 bits per heavy atom. The van der Waals surface area contributed by atoms with E-state index in [1.165, 1.54) is 0 Å². The molecule has 0 spiro atoms. The second-order valence-corrected chi connectivity index (χ2v) is 5.51. The Bertz CT molecular complexity index is 722. The number of rotatable bonds is 6. The first-order chi connectivity index (χ1) is 10.9. The van der Waals surface area contributed by atoms with Crippen molar-refractivity contribution in [3.63, 3.8) is 0 Å². The molecule has 2 rings (SSSR count). The number of nitrogens with zero attached hydrogens (tertiary/aromatic N) is 3. The topological polar surface area (TPSA) is 97.1 Å². The second-order valence-electron chi connectivity index (χ2n) is 5.51. The highest BCUT2D eigenvalue weighted by molar-refractivity contribution is 5.90. The average molecular weight is 316 g/mol. The molecule has 2 N–H and O–H groups in total. The lowest BCUT2D eigenvalue weighted by molar-refractivity contribution is -0.136. The van der Waals surface area contributed by atoms with E-state index in [1.54, 1.807) is 11.6 Å². The van der Waals surface area contributed by atoms with Crippen molar-refractivity contribution < 1.29 is 14.7 Å². The predicted molar refractivity (Wildman–Crippen MR) is 84.8 cm³/mol. The van der Waals surface area contributed by atoms with Gasteiger partial charge in [-0.05, 0) is 24.5 Å². The number of aliphatic carboxylic acids is 1. The van der Waals surface area contributed by atoms with Crippen molar-refractivity contribution in [2.24, 2.45) is 0 Å². The van der Waals surface area contributed by atoms with Gasteiger partial charge in [-0.25, -0.2) is 9.67 Å². The molecular formula is C16H20N4O3. The molecule has 0 atom stereocenters. The van der Waals surface area contributed by atoms with Crippen molar-refractivity contribution in [3.05, 3.63) is 41.5 Å². The molecule has 1 aromatic carbocycles. The molecule has 7 heteroatoms. The van der Waals surface area contributed by atoms with E-state index in [-0.39, 0.29) is 18.8 Å². The maximum Gasteiger partial charge on any atom is 0.305 e. The summed E-state index contributed by atoms with van der Waals surface area (Å²) in [5, 5.41) is 15.4. The molecule has 0 fully saturated rings. The first kappa shape index (κ1) is 16.7. The Morgan fingerprint density at radius 3 is 2.65 bits per heavy atom. The molecule has 2 aromatic rings. The SMILES string of the molecule is Cc1nc(C(=O)NCCC(=O)O)nn1-c1ccccc1C(C)C. The molecule has 0 bridgehead atoms. The zero-order chi connectivity index (χ0) is 17.0. The number of carboxylic acids is 1. The van der Waals surface area contributed by atoms with Crippen molar-refractivity contribution in [3.8, 4) is 5.69 Å². The molecule has 0 aliphatic carbocycles. The van der Waals surface area contributed by atoms with Crippen molar-refractivity contribution in [2.75, 3.05) is 6.54 Å². The first-order valence-electron chi connectivity index (χ1n) is 7.43. The quantitative estimate of drug-likeness (QED) is 0.848. The fourth-order valence-corrected chi connectivity index (χ4v) is 2.25. The van der Waals surface area contributed by atoms with Gasteiger partial charge in [0.2, 0.25) is 5.82 Å². The number of para-hydroxylation sites is 1. The van der Waals surface area contributed by atoms with Crippen LogP contribution in [0.25, 0.3) is 5.69 Å². The highest BCUT2D eigenvalue weighted by atomic mass is 16.4. The number of benzene rings is 1. The van der Waals surface area contributed by atoms with Crippen molar-refractivity contribution in [2.45, 2.75) is 33.1 Å². The van der Waals surface area contributed by atoms with Gasteiger partial charge in [0.15, 0.2) is 0 Å². The Morgan fingerprint density at radius 2 is 2.00 bits per heavy atom. The van der Waals surface area contributed by atoms with E-state index in [2.05, 4.69) is 29.2 Å². The number of carbonyl (C=O) groups excluding carboxylic acids is 1. The molecule has 0 radical (unpaired) electrons. The van der Waals surface area contributed by atoms with Gasteiger partial charge >= 0.3 is 5.97 Å². The van der Waals surface area contributed by atoms with Gasteiger partial charge in [0.25, 0.3) is 5.91 Å². The van der Waals surface area contributed by atoms with Gasteiger partial charge in [0, 0.05) is 6.54 Å². The number of amides is 1. The van der Waals surface area contributed by atoms with Gasteiger partial charge < -0.3 is 10.4 Å². The molecule has 1 heterocycles. The lowest BCUT2D eigenvalue weighted by atomic mass is 10.0. The molecule has 1 aromatic heterocycles. The van der Waals surface area contributed by atoms with E-state index in [0.717, 1.165) is 11.3 Å². The Labute approximate surface area is 134 Å². The number of aryl methyl sites for hydroxylation is 1. The standard InChI is InChI=1S/C16H20N4O3/c1-10(2)12-6-4-5-7-13(12)20-11(3)18-15(19-20)16(23)17-9-8-14(21)22/h4-7,10H,8-9H2,1-3H3,(H,17,23)(H,21,22). The van der Waals surface area contributed by atoms with Gasteiger partial charge in [-0.3, -0.25) is 9.59 Å². The highest BCUT2D eigenvalue weighted by Gasteiger charge is 2.17. The molecule has 0 aliphatic heterocycles. The Hall–Kier alpha value is -2.70. The maximum atomic E-state index is 12.0. The third kappa shape index (κ3) is 3.94. The van der Waals surface area contributed by atoms with Gasteiger partial charge in [0.05, 0.1) is 12.1 Å². The fourth-order valence-electron chi connectivity index (χ4n) is 2.25. The van der Waals surface area contributed by atoms with Crippen LogP contribution in [0.2, 0.25) is 0 Å². The summed E-state index contributed by atoms with van der Waals surface area (Å²) in [6.45, 7) is 6.00. The minimum atomic E-state index is -0.967. The molecule has 1 amide bonds. The average Bonchev–Trinajstić information content (AvgIpc) is 2.88. The maximum absolute atomic E-state index is 12.0. The number of aromatic nitrogens is 3. The molecular weight excluding hydrogens is 296 g/mol. The Balaban J connectivity index is 2.25. The second kappa shape index (κ2) is 7.04. The normalized spacial score (nSPS) is 10.8. The summed E-state index contributed by atoms with van der Waals surface area (Å²) in [4.78, 5) is 26.7. The third-order valence-corrected chi connectivity index (χ3v) is 3.38. The van der Waals surface area contributed by atoms with Crippen LogP contribution in [0.1, 0.15) is 48.2 Å². The van der Waals surface area contributed by atoms with Gasteiger partial charge in [-0.15, -0.1) is 5.10 Å². The fraction of sp³-hybridized carbons (Fsp3) is 0.375. The van der Waals surface area contributed by atoms with Crippen molar-refractivity contribution >= 4 is 11.9 Å². The van der Waals surface area contributed by atoms with E-state index in [0.29, 0.717) is 11.7 Å².